The van der Waals surface area contributed by atoms with E-state index in [4.69, 9.17) is 11.6 Å². The zero-order valence-corrected chi connectivity index (χ0v) is 7.61. The minimum atomic E-state index is -5.02. The van der Waals surface area contributed by atoms with Gasteiger partial charge in [-0.25, -0.2) is 13.5 Å². The molecule has 0 aliphatic heterocycles. The maximum atomic E-state index is 11.9. The van der Waals surface area contributed by atoms with Crippen LogP contribution in [0.1, 0.15) is 0 Å². The normalized spacial score (nSPS) is 12.2. The third-order valence-electron chi connectivity index (χ3n) is 1.21. The van der Waals surface area contributed by atoms with Gasteiger partial charge in [-0.2, -0.15) is 5.10 Å². The van der Waals surface area contributed by atoms with Crippen LogP contribution in [0.25, 0.3) is 0 Å². The van der Waals surface area contributed by atoms with E-state index in [0.717, 1.165) is 0 Å². The molecule has 0 atom stereocenters. The number of aromatic nitrogens is 2. The summed E-state index contributed by atoms with van der Waals surface area (Å²) in [5.41, 5.74) is 0. The number of hydrogen-bond acceptors (Lipinski definition) is 2. The van der Waals surface area contributed by atoms with Crippen molar-refractivity contribution in [3.8, 4) is 5.88 Å². The summed E-state index contributed by atoms with van der Waals surface area (Å²) < 4.78 is 62.9. The molecule has 0 fully saturated rings. The van der Waals surface area contributed by atoms with Gasteiger partial charge in [-0.15, -0.1) is 13.2 Å². The minimum Gasteiger partial charge on any atom is -0.386 e. The molecule has 9 heteroatoms. The van der Waals surface area contributed by atoms with E-state index in [-0.39, 0.29) is 0 Å². The van der Waals surface area contributed by atoms with E-state index < -0.39 is 30.2 Å². The summed E-state index contributed by atoms with van der Waals surface area (Å²) >= 11 is 5.23. The van der Waals surface area contributed by atoms with Crippen LogP contribution in [-0.2, 0) is 6.54 Å². The second-order valence-electron chi connectivity index (χ2n) is 2.35. The summed E-state index contributed by atoms with van der Waals surface area (Å²) in [6.45, 7) is -1.05. The Morgan fingerprint density at radius 1 is 1.47 bits per heavy atom. The van der Waals surface area contributed by atoms with Crippen molar-refractivity contribution in [3.63, 3.8) is 0 Å². The molecule has 1 aromatic heterocycles. The van der Waals surface area contributed by atoms with Crippen LogP contribution in [0.3, 0.4) is 0 Å². The summed E-state index contributed by atoms with van der Waals surface area (Å²) in [5, 5.41) is 2.49. The Kier molecular flexibility index (Phi) is 3.38. The Balaban J connectivity index is 2.89. The van der Waals surface area contributed by atoms with Crippen LogP contribution in [0.4, 0.5) is 22.0 Å². The lowest BCUT2D eigenvalue weighted by atomic mass is 10.6. The number of hydrogen-bond donors (Lipinski definition) is 0. The molecule has 0 bridgehead atoms. The fourth-order valence-corrected chi connectivity index (χ4v) is 0.946. The summed E-state index contributed by atoms with van der Waals surface area (Å²) in [6.07, 6.45) is -6.00. The first-order chi connectivity index (χ1) is 6.79. The van der Waals surface area contributed by atoms with Crippen LogP contribution in [-0.4, -0.2) is 22.6 Å². The van der Waals surface area contributed by atoms with Gasteiger partial charge in [0, 0.05) is 0 Å². The number of nitrogens with zero attached hydrogens (tertiary/aromatic N) is 2. The number of rotatable bonds is 3. The van der Waals surface area contributed by atoms with Gasteiger partial charge >= 0.3 is 6.36 Å². The van der Waals surface area contributed by atoms with Gasteiger partial charge in [0.15, 0.2) is 0 Å². The molecule has 0 saturated carbocycles. The van der Waals surface area contributed by atoms with Crippen LogP contribution in [0, 0.1) is 6.20 Å². The van der Waals surface area contributed by atoms with Crippen molar-refractivity contribution in [2.45, 2.75) is 19.3 Å². The largest absolute Gasteiger partial charge is 0.574 e. The van der Waals surface area contributed by atoms with Gasteiger partial charge in [0.2, 0.25) is 5.88 Å². The fraction of sp³-hybridized carbons (Fsp3) is 0.500. The molecule has 1 rings (SSSR count). The lowest BCUT2D eigenvalue weighted by molar-refractivity contribution is -0.277. The smallest absolute Gasteiger partial charge is 0.386 e. The summed E-state index contributed by atoms with van der Waals surface area (Å²) in [4.78, 5) is 0. The number of alkyl halides is 5. The quantitative estimate of drug-likeness (QED) is 0.770. The van der Waals surface area contributed by atoms with Gasteiger partial charge in [-0.1, -0.05) is 11.6 Å². The van der Waals surface area contributed by atoms with Crippen molar-refractivity contribution >= 4 is 11.6 Å². The van der Waals surface area contributed by atoms with Crippen LogP contribution < -0.4 is 4.74 Å². The third-order valence-corrected chi connectivity index (χ3v) is 1.46. The third kappa shape index (κ3) is 3.54. The molecule has 0 spiro atoms. The fourth-order valence-electron chi connectivity index (χ4n) is 0.772. The number of ether oxygens (including phenoxy) is 1. The average molecular weight is 250 g/mol. The lowest BCUT2D eigenvalue weighted by Crippen LogP contribution is -2.21. The van der Waals surface area contributed by atoms with Gasteiger partial charge < -0.3 is 4.74 Å². The highest BCUT2D eigenvalue weighted by Gasteiger charge is 2.34. The van der Waals surface area contributed by atoms with Crippen LogP contribution >= 0.6 is 11.6 Å². The van der Waals surface area contributed by atoms with E-state index in [1.807, 2.05) is 6.20 Å². The molecule has 1 aromatic rings. The molecule has 0 aromatic carbocycles. The highest BCUT2D eigenvalue weighted by molar-refractivity contribution is 6.31. The highest BCUT2D eigenvalue weighted by atomic mass is 35.5. The van der Waals surface area contributed by atoms with E-state index in [0.29, 0.717) is 4.68 Å². The van der Waals surface area contributed by atoms with Gasteiger partial charge in [-0.05, 0) is 0 Å². The van der Waals surface area contributed by atoms with Crippen molar-refractivity contribution in [1.82, 2.24) is 9.78 Å². The predicted molar refractivity (Wildman–Crippen MR) is 38.8 cm³/mol. The maximum absolute atomic E-state index is 11.9. The van der Waals surface area contributed by atoms with Gasteiger partial charge in [0.05, 0.1) is 0 Å². The Labute approximate surface area is 85.4 Å². The van der Waals surface area contributed by atoms with Crippen LogP contribution in [0.2, 0.25) is 5.02 Å². The summed E-state index contributed by atoms with van der Waals surface area (Å²) in [7, 11) is 0. The minimum absolute atomic E-state index is 0.292. The maximum Gasteiger partial charge on any atom is 0.574 e. The molecular weight excluding hydrogens is 247 g/mol. The van der Waals surface area contributed by atoms with Crippen LogP contribution in [0.5, 0.6) is 5.88 Å². The SMILES string of the molecule is FC(F)Cn1n[c]c(Cl)c1OC(F)(F)F. The van der Waals surface area contributed by atoms with Crippen molar-refractivity contribution in [2.24, 2.45) is 0 Å². The zero-order valence-electron chi connectivity index (χ0n) is 6.85. The van der Waals surface area contributed by atoms with E-state index >= 15 is 0 Å². The first-order valence-electron chi connectivity index (χ1n) is 3.47. The molecular formula is C6H3ClF5N2O. The average Bonchev–Trinajstić information content (AvgIpc) is 2.32. The predicted octanol–water partition coefficient (Wildman–Crippen LogP) is 2.50. The second-order valence-corrected chi connectivity index (χ2v) is 2.73. The molecule has 85 valence electrons. The molecule has 0 saturated heterocycles. The van der Waals surface area contributed by atoms with E-state index in [2.05, 4.69) is 9.84 Å². The first kappa shape index (κ1) is 12.0. The monoisotopic (exact) mass is 249 g/mol. The Hall–Kier alpha value is -1.05. The van der Waals surface area contributed by atoms with E-state index in [9.17, 15) is 22.0 Å². The van der Waals surface area contributed by atoms with E-state index in [1.165, 1.54) is 0 Å². The van der Waals surface area contributed by atoms with Crippen molar-refractivity contribution in [1.29, 1.82) is 0 Å². The summed E-state index contributed by atoms with van der Waals surface area (Å²) in [5.74, 6) is -0.996. The molecule has 15 heavy (non-hydrogen) atoms. The lowest BCUT2D eigenvalue weighted by Gasteiger charge is -2.10. The van der Waals surface area contributed by atoms with Crippen LogP contribution in [0.15, 0.2) is 0 Å². The molecule has 1 radical (unpaired) electrons. The Morgan fingerprint density at radius 3 is 2.53 bits per heavy atom. The standard InChI is InChI=1S/C6H3ClF5N2O/c7-3-1-13-14(2-4(8)9)5(3)15-6(10,11)12/h4H,2H2. The van der Waals surface area contributed by atoms with Gasteiger partial charge in [0.25, 0.3) is 6.43 Å². The van der Waals surface area contributed by atoms with E-state index in [1.54, 1.807) is 0 Å². The summed E-state index contributed by atoms with van der Waals surface area (Å²) in [6, 6.07) is 0. The molecule has 3 nitrogen and oxygen atoms in total. The molecule has 0 N–H and O–H groups in total. The molecule has 1 heterocycles. The molecule has 0 aliphatic carbocycles. The highest BCUT2D eigenvalue weighted by Crippen LogP contribution is 2.29. The second kappa shape index (κ2) is 4.21. The van der Waals surface area contributed by atoms with Crippen molar-refractivity contribution in [3.05, 3.63) is 11.2 Å². The first-order valence-corrected chi connectivity index (χ1v) is 3.85. The van der Waals surface area contributed by atoms with Gasteiger partial charge in [0.1, 0.15) is 17.8 Å². The molecule has 0 unspecified atom stereocenters. The molecule has 0 amide bonds. The molecule has 0 aliphatic rings. The van der Waals surface area contributed by atoms with Gasteiger partial charge in [-0.3, -0.25) is 0 Å². The van der Waals surface area contributed by atoms with Crippen molar-refractivity contribution in [2.75, 3.05) is 0 Å². The Bertz CT molecular complexity index is 337. The van der Waals surface area contributed by atoms with Crippen molar-refractivity contribution < 1.29 is 26.7 Å². The number of halogens is 6. The Morgan fingerprint density at radius 2 is 2.07 bits per heavy atom. The zero-order chi connectivity index (χ0) is 11.6. The topological polar surface area (TPSA) is 27.1 Å².